The van der Waals surface area contributed by atoms with Gasteiger partial charge in [0, 0.05) is 18.2 Å². The van der Waals surface area contributed by atoms with Crippen LogP contribution in [-0.2, 0) is 6.42 Å². The van der Waals surface area contributed by atoms with Crippen LogP contribution in [0.15, 0.2) is 12.4 Å². The van der Waals surface area contributed by atoms with Crippen LogP contribution in [0.5, 0.6) is 0 Å². The Morgan fingerprint density at radius 1 is 1.18 bits per heavy atom. The third-order valence-electron chi connectivity index (χ3n) is 2.86. The van der Waals surface area contributed by atoms with Gasteiger partial charge in [-0.2, -0.15) is 0 Å². The van der Waals surface area contributed by atoms with E-state index in [0.29, 0.717) is 0 Å². The molecule has 0 radical (unpaired) electrons. The second kappa shape index (κ2) is 5.72. The molecule has 0 saturated carbocycles. The Morgan fingerprint density at radius 3 is 2.82 bits per heavy atom. The summed E-state index contributed by atoms with van der Waals surface area (Å²) in [5.41, 5.74) is 7.31. The zero-order valence-corrected chi connectivity index (χ0v) is 10.3. The van der Waals surface area contributed by atoms with Crippen molar-refractivity contribution in [3.63, 3.8) is 0 Å². The van der Waals surface area contributed by atoms with Gasteiger partial charge in [-0.15, -0.1) is 10.2 Å². The summed E-state index contributed by atoms with van der Waals surface area (Å²) in [4.78, 5) is 4.26. The van der Waals surface area contributed by atoms with Crippen molar-refractivity contribution in [3.05, 3.63) is 23.9 Å². The SMILES string of the molecule is Cc1cc2nnc(CCCCCCN)n2cn1. The van der Waals surface area contributed by atoms with E-state index in [9.17, 15) is 0 Å². The summed E-state index contributed by atoms with van der Waals surface area (Å²) in [6, 6.07) is 1.95. The monoisotopic (exact) mass is 233 g/mol. The van der Waals surface area contributed by atoms with Gasteiger partial charge in [0.1, 0.15) is 12.2 Å². The van der Waals surface area contributed by atoms with Crippen molar-refractivity contribution in [1.29, 1.82) is 0 Å². The lowest BCUT2D eigenvalue weighted by atomic mass is 10.1. The number of aryl methyl sites for hydroxylation is 2. The van der Waals surface area contributed by atoms with Gasteiger partial charge in [0.2, 0.25) is 0 Å². The molecule has 2 aromatic heterocycles. The van der Waals surface area contributed by atoms with Crippen molar-refractivity contribution in [2.24, 2.45) is 5.73 Å². The molecule has 2 rings (SSSR count). The molecule has 0 aliphatic carbocycles. The van der Waals surface area contributed by atoms with Gasteiger partial charge in [-0.25, -0.2) is 4.98 Å². The number of nitrogens with two attached hydrogens (primary N) is 1. The fourth-order valence-electron chi connectivity index (χ4n) is 1.89. The first-order valence-electron chi connectivity index (χ1n) is 6.17. The van der Waals surface area contributed by atoms with Crippen LogP contribution in [0.4, 0.5) is 0 Å². The smallest absolute Gasteiger partial charge is 0.163 e. The minimum Gasteiger partial charge on any atom is -0.330 e. The van der Waals surface area contributed by atoms with Crippen LogP contribution in [0.2, 0.25) is 0 Å². The van der Waals surface area contributed by atoms with Gasteiger partial charge in [0.15, 0.2) is 5.65 Å². The maximum atomic E-state index is 5.46. The number of fused-ring (bicyclic) bond motifs is 1. The number of hydrogen-bond donors (Lipinski definition) is 1. The van der Waals surface area contributed by atoms with E-state index < -0.39 is 0 Å². The quantitative estimate of drug-likeness (QED) is 0.767. The van der Waals surface area contributed by atoms with Gasteiger partial charge in [0.25, 0.3) is 0 Å². The van der Waals surface area contributed by atoms with Gasteiger partial charge in [-0.05, 0) is 26.3 Å². The van der Waals surface area contributed by atoms with Crippen LogP contribution >= 0.6 is 0 Å². The van der Waals surface area contributed by atoms with Crippen molar-refractivity contribution in [3.8, 4) is 0 Å². The Hall–Kier alpha value is -1.49. The molecule has 0 fully saturated rings. The molecule has 0 aromatic carbocycles. The lowest BCUT2D eigenvalue weighted by molar-refractivity contribution is 0.632. The minimum atomic E-state index is 0.789. The van der Waals surface area contributed by atoms with Crippen molar-refractivity contribution in [2.75, 3.05) is 6.54 Å². The molecule has 0 saturated heterocycles. The lowest BCUT2D eigenvalue weighted by Crippen LogP contribution is -1.99. The molecule has 5 heteroatoms. The average molecular weight is 233 g/mol. The van der Waals surface area contributed by atoms with Crippen molar-refractivity contribution in [1.82, 2.24) is 19.6 Å². The van der Waals surface area contributed by atoms with E-state index in [0.717, 1.165) is 43.0 Å². The fourth-order valence-corrected chi connectivity index (χ4v) is 1.89. The highest BCUT2D eigenvalue weighted by molar-refractivity contribution is 5.37. The van der Waals surface area contributed by atoms with E-state index in [2.05, 4.69) is 15.2 Å². The molecule has 0 unspecified atom stereocenters. The highest BCUT2D eigenvalue weighted by Gasteiger charge is 2.05. The number of aromatic nitrogens is 4. The van der Waals surface area contributed by atoms with Crippen LogP contribution in [0.1, 0.15) is 37.2 Å². The van der Waals surface area contributed by atoms with E-state index in [4.69, 9.17) is 5.73 Å². The number of nitrogens with zero attached hydrogens (tertiary/aromatic N) is 4. The van der Waals surface area contributed by atoms with Gasteiger partial charge in [-0.1, -0.05) is 12.8 Å². The standard InChI is InChI=1S/C12H19N5/c1-10-8-12-16-15-11(17(12)9-14-10)6-4-2-3-5-7-13/h8-9H,2-7,13H2,1H3. The Morgan fingerprint density at radius 2 is 2.00 bits per heavy atom. The van der Waals surface area contributed by atoms with Gasteiger partial charge in [-0.3, -0.25) is 4.40 Å². The summed E-state index contributed by atoms with van der Waals surface area (Å²) >= 11 is 0. The summed E-state index contributed by atoms with van der Waals surface area (Å²) in [7, 11) is 0. The molecule has 17 heavy (non-hydrogen) atoms. The molecule has 0 aliphatic rings. The third kappa shape index (κ3) is 3.00. The molecule has 2 N–H and O–H groups in total. The summed E-state index contributed by atoms with van der Waals surface area (Å²) in [6.07, 6.45) is 7.41. The minimum absolute atomic E-state index is 0.789. The summed E-state index contributed by atoms with van der Waals surface area (Å²) < 4.78 is 1.97. The Labute approximate surface area is 101 Å². The zero-order chi connectivity index (χ0) is 12.1. The van der Waals surface area contributed by atoms with Gasteiger partial charge >= 0.3 is 0 Å². The van der Waals surface area contributed by atoms with Gasteiger partial charge in [0.05, 0.1) is 0 Å². The molecule has 5 nitrogen and oxygen atoms in total. The maximum Gasteiger partial charge on any atom is 0.163 e. The number of rotatable bonds is 6. The molecule has 0 bridgehead atoms. The molecule has 0 atom stereocenters. The van der Waals surface area contributed by atoms with Gasteiger partial charge < -0.3 is 5.73 Å². The first-order chi connectivity index (χ1) is 8.31. The van der Waals surface area contributed by atoms with E-state index in [1.54, 1.807) is 6.33 Å². The first kappa shape index (κ1) is 12.0. The highest BCUT2D eigenvalue weighted by Crippen LogP contribution is 2.08. The molecule has 0 aliphatic heterocycles. The first-order valence-corrected chi connectivity index (χ1v) is 6.17. The largest absolute Gasteiger partial charge is 0.330 e. The van der Waals surface area contributed by atoms with Crippen molar-refractivity contribution < 1.29 is 0 Å². The molecule has 2 heterocycles. The number of hydrogen-bond acceptors (Lipinski definition) is 4. The summed E-state index contributed by atoms with van der Waals surface area (Å²) in [5, 5.41) is 8.35. The fraction of sp³-hybridized carbons (Fsp3) is 0.583. The average Bonchev–Trinajstić information content (AvgIpc) is 2.71. The summed E-state index contributed by atoms with van der Waals surface area (Å²) in [5.74, 6) is 1.00. The predicted octanol–water partition coefficient (Wildman–Crippen LogP) is 1.49. The normalized spacial score (nSPS) is 11.2. The number of unbranched alkanes of at least 4 members (excludes halogenated alkanes) is 3. The second-order valence-corrected chi connectivity index (χ2v) is 4.33. The molecule has 0 spiro atoms. The van der Waals surface area contributed by atoms with Crippen LogP contribution in [0.3, 0.4) is 0 Å². The predicted molar refractivity (Wildman–Crippen MR) is 66.7 cm³/mol. The third-order valence-corrected chi connectivity index (χ3v) is 2.86. The molecular weight excluding hydrogens is 214 g/mol. The Bertz CT molecular complexity index is 477. The Kier molecular flexibility index (Phi) is 4.03. The summed E-state index contributed by atoms with van der Waals surface area (Å²) in [6.45, 7) is 2.75. The molecule has 92 valence electrons. The van der Waals surface area contributed by atoms with E-state index in [1.165, 1.54) is 12.8 Å². The maximum absolute atomic E-state index is 5.46. The van der Waals surface area contributed by atoms with E-state index in [-0.39, 0.29) is 0 Å². The van der Waals surface area contributed by atoms with Crippen LogP contribution < -0.4 is 5.73 Å². The van der Waals surface area contributed by atoms with Crippen molar-refractivity contribution in [2.45, 2.75) is 39.0 Å². The van der Waals surface area contributed by atoms with Crippen LogP contribution in [-0.4, -0.2) is 26.1 Å². The zero-order valence-electron chi connectivity index (χ0n) is 10.3. The van der Waals surface area contributed by atoms with E-state index in [1.807, 2.05) is 17.4 Å². The Balaban J connectivity index is 1.95. The topological polar surface area (TPSA) is 69.1 Å². The molecule has 2 aromatic rings. The second-order valence-electron chi connectivity index (χ2n) is 4.33. The highest BCUT2D eigenvalue weighted by atomic mass is 15.3. The molecule has 0 amide bonds. The lowest BCUT2D eigenvalue weighted by Gasteiger charge is -2.00. The molecular formula is C12H19N5. The van der Waals surface area contributed by atoms with E-state index >= 15 is 0 Å². The van der Waals surface area contributed by atoms with Crippen molar-refractivity contribution >= 4 is 5.65 Å². The van der Waals surface area contributed by atoms with Crippen LogP contribution in [0, 0.1) is 6.92 Å². The van der Waals surface area contributed by atoms with Crippen LogP contribution in [0.25, 0.3) is 5.65 Å².